The third kappa shape index (κ3) is 7.33. The number of benzene rings is 2. The molecule has 216 valence electrons. The molecule has 4 bridgehead atoms. The number of aromatic hydroxyl groups is 2. The fourth-order valence-corrected chi connectivity index (χ4v) is 4.63. The van der Waals surface area contributed by atoms with Crippen molar-refractivity contribution in [1.82, 2.24) is 15.5 Å². The highest BCUT2D eigenvalue weighted by Crippen LogP contribution is 2.31. The second-order valence-corrected chi connectivity index (χ2v) is 10.1. The van der Waals surface area contributed by atoms with Gasteiger partial charge in [0.05, 0.1) is 18.2 Å². The average Bonchev–Trinajstić information content (AvgIpc) is 2.91. The molecule has 3 rings (SSSR count). The molecule has 0 fully saturated rings. The summed E-state index contributed by atoms with van der Waals surface area (Å²) in [6.07, 6.45) is -1.29. The predicted molar refractivity (Wildman–Crippen MR) is 144 cm³/mol. The Morgan fingerprint density at radius 1 is 1.12 bits per heavy atom. The molecule has 13 heteroatoms. The van der Waals surface area contributed by atoms with E-state index in [1.165, 1.54) is 19.2 Å². The molecule has 13 nitrogen and oxygen atoms in total. The number of phenols is 2. The van der Waals surface area contributed by atoms with Crippen LogP contribution in [-0.2, 0) is 32.0 Å². The summed E-state index contributed by atoms with van der Waals surface area (Å²) in [5.41, 5.74) is 11.9. The Morgan fingerprint density at radius 2 is 1.70 bits per heavy atom. The number of fused-ring (bicyclic) bond motifs is 5. The first kappa shape index (κ1) is 30.5. The van der Waals surface area contributed by atoms with E-state index in [4.69, 9.17) is 11.5 Å². The molecule has 40 heavy (non-hydrogen) atoms. The number of nitrogens with one attached hydrogen (secondary N) is 2. The molecule has 0 aliphatic carbocycles. The van der Waals surface area contributed by atoms with Crippen LogP contribution in [0.4, 0.5) is 0 Å². The summed E-state index contributed by atoms with van der Waals surface area (Å²) >= 11 is 0. The van der Waals surface area contributed by atoms with Gasteiger partial charge in [0.15, 0.2) is 0 Å². The SMILES string of the molecule is CN(CC(=O)O)C(=O)[C@@H]1Cc2cc(ccc2O)-c2ccc(O)c(c2)C[C@H](N)C(=O)N[C@](C=O)(C[C@@H](O)CN)CN1. The van der Waals surface area contributed by atoms with Crippen molar-refractivity contribution in [3.63, 3.8) is 0 Å². The van der Waals surface area contributed by atoms with Gasteiger partial charge in [-0.3, -0.25) is 14.4 Å². The quantitative estimate of drug-likeness (QED) is 0.182. The number of nitrogens with zero attached hydrogens (tertiary/aromatic N) is 1. The number of carboxylic acid groups (broad SMARTS) is 1. The highest BCUT2D eigenvalue weighted by Gasteiger charge is 2.37. The normalized spacial score (nSPS) is 22.2. The van der Waals surface area contributed by atoms with Crippen LogP contribution in [0.3, 0.4) is 0 Å². The largest absolute Gasteiger partial charge is 0.508 e. The van der Waals surface area contributed by atoms with Crippen molar-refractivity contribution in [2.45, 2.75) is 43.0 Å². The summed E-state index contributed by atoms with van der Waals surface area (Å²) in [5, 5.41) is 46.0. The van der Waals surface area contributed by atoms with Crippen molar-refractivity contribution < 1.29 is 39.6 Å². The lowest BCUT2D eigenvalue weighted by molar-refractivity contribution is -0.144. The summed E-state index contributed by atoms with van der Waals surface area (Å²) in [6, 6.07) is 7.13. The van der Waals surface area contributed by atoms with Crippen molar-refractivity contribution in [2.24, 2.45) is 11.5 Å². The molecule has 2 amide bonds. The third-order valence-corrected chi connectivity index (χ3v) is 6.87. The second kappa shape index (κ2) is 12.9. The van der Waals surface area contributed by atoms with Gasteiger partial charge in [0.25, 0.3) is 0 Å². The number of aliphatic hydroxyl groups excluding tert-OH is 1. The fourth-order valence-electron chi connectivity index (χ4n) is 4.63. The number of likely N-dealkylation sites (N-methyl/N-ethyl adjacent to an activating group) is 1. The summed E-state index contributed by atoms with van der Waals surface area (Å²) in [6.45, 7) is -1.18. The van der Waals surface area contributed by atoms with E-state index in [-0.39, 0.29) is 43.9 Å². The lowest BCUT2D eigenvalue weighted by Gasteiger charge is -2.34. The van der Waals surface area contributed by atoms with E-state index in [1.54, 1.807) is 24.3 Å². The van der Waals surface area contributed by atoms with Crippen LogP contribution >= 0.6 is 0 Å². The highest BCUT2D eigenvalue weighted by atomic mass is 16.4. The molecule has 1 heterocycles. The van der Waals surface area contributed by atoms with Crippen LogP contribution in [-0.4, -0.2) is 99.8 Å². The molecule has 10 N–H and O–H groups in total. The molecule has 2 aromatic rings. The Kier molecular flexibility index (Phi) is 9.82. The van der Waals surface area contributed by atoms with E-state index < -0.39 is 48.1 Å². The first-order valence-electron chi connectivity index (χ1n) is 12.6. The van der Waals surface area contributed by atoms with Gasteiger partial charge in [0, 0.05) is 39.4 Å². The molecule has 2 aromatic carbocycles. The van der Waals surface area contributed by atoms with Gasteiger partial charge in [0.2, 0.25) is 11.8 Å². The van der Waals surface area contributed by atoms with Gasteiger partial charge in [-0.1, -0.05) is 12.1 Å². The van der Waals surface area contributed by atoms with Crippen molar-refractivity contribution in [1.29, 1.82) is 0 Å². The Labute approximate surface area is 230 Å². The standard InChI is InChI=1S/C27H35N5O8/c1-32(12-24(37)38)26(40)21-9-18-7-16(3-5-23(18)36)15-2-4-22(35)17(6-15)8-20(29)25(39)31-27(14-33,13-30-21)10-19(34)11-28/h2-7,14,19-21,30,34-36H,8-13,28-29H2,1H3,(H,31,39)(H,37,38)/t19-,20+,21+,27-/m1/s1. The zero-order chi connectivity index (χ0) is 29.6. The van der Waals surface area contributed by atoms with E-state index in [9.17, 15) is 39.6 Å². The lowest BCUT2D eigenvalue weighted by Crippen LogP contribution is -2.63. The molecule has 1 aliphatic heterocycles. The van der Waals surface area contributed by atoms with E-state index in [2.05, 4.69) is 10.6 Å². The van der Waals surface area contributed by atoms with Crippen molar-refractivity contribution in [3.05, 3.63) is 47.5 Å². The maximum atomic E-state index is 13.3. The molecule has 0 radical (unpaired) electrons. The molecular weight excluding hydrogens is 522 g/mol. The smallest absolute Gasteiger partial charge is 0.323 e. The van der Waals surface area contributed by atoms with Crippen molar-refractivity contribution >= 4 is 24.1 Å². The van der Waals surface area contributed by atoms with E-state index in [0.29, 0.717) is 28.5 Å². The Bertz CT molecular complexity index is 1270. The number of carbonyl (C=O) groups is 4. The van der Waals surface area contributed by atoms with Gasteiger partial charge >= 0.3 is 5.97 Å². The molecule has 1 aliphatic rings. The molecule has 0 spiro atoms. The molecular formula is C27H35N5O8. The number of aliphatic hydroxyl groups is 1. The third-order valence-electron chi connectivity index (χ3n) is 6.87. The number of phenolic OH excluding ortho intramolecular Hbond substituents is 2. The van der Waals surface area contributed by atoms with Crippen molar-refractivity contribution in [3.8, 4) is 22.6 Å². The predicted octanol–water partition coefficient (Wildman–Crippen LogP) is -1.54. The topological polar surface area (TPSA) is 229 Å². The molecule has 0 unspecified atom stereocenters. The Morgan fingerprint density at radius 3 is 2.23 bits per heavy atom. The minimum absolute atomic E-state index is 0.0840. The van der Waals surface area contributed by atoms with Crippen LogP contribution in [0.25, 0.3) is 11.1 Å². The summed E-state index contributed by atoms with van der Waals surface area (Å²) in [4.78, 5) is 51.2. The number of amides is 2. The Balaban J connectivity index is 2.15. The average molecular weight is 558 g/mol. The number of aliphatic carboxylic acids is 1. The van der Waals surface area contributed by atoms with Gasteiger partial charge < -0.3 is 52.2 Å². The number of hydrogen-bond acceptors (Lipinski definition) is 10. The van der Waals surface area contributed by atoms with Crippen LogP contribution < -0.4 is 22.1 Å². The van der Waals surface area contributed by atoms with Crippen LogP contribution in [0.1, 0.15) is 17.5 Å². The maximum Gasteiger partial charge on any atom is 0.323 e. The van der Waals surface area contributed by atoms with E-state index >= 15 is 0 Å². The van der Waals surface area contributed by atoms with E-state index in [1.807, 2.05) is 0 Å². The minimum atomic E-state index is -1.76. The number of nitrogens with two attached hydrogens (primary N) is 2. The van der Waals surface area contributed by atoms with Crippen LogP contribution in [0.15, 0.2) is 36.4 Å². The molecule has 4 atom stereocenters. The fraction of sp³-hybridized carbons (Fsp3) is 0.407. The first-order chi connectivity index (χ1) is 18.9. The first-order valence-corrected chi connectivity index (χ1v) is 12.6. The zero-order valence-corrected chi connectivity index (χ0v) is 22.0. The monoisotopic (exact) mass is 557 g/mol. The van der Waals surface area contributed by atoms with Gasteiger partial charge in [-0.25, -0.2) is 0 Å². The summed E-state index contributed by atoms with van der Waals surface area (Å²) < 4.78 is 0. The maximum absolute atomic E-state index is 13.3. The number of rotatable bonds is 7. The van der Waals surface area contributed by atoms with Gasteiger partial charge in [-0.2, -0.15) is 0 Å². The highest BCUT2D eigenvalue weighted by molar-refractivity contribution is 5.87. The lowest BCUT2D eigenvalue weighted by atomic mass is 9.91. The summed E-state index contributed by atoms with van der Waals surface area (Å²) in [5.74, 6) is -2.85. The van der Waals surface area contributed by atoms with Crippen LogP contribution in [0, 0.1) is 0 Å². The number of carboxylic acids is 1. The molecule has 0 saturated heterocycles. The van der Waals surface area contributed by atoms with Crippen LogP contribution in [0.2, 0.25) is 0 Å². The zero-order valence-electron chi connectivity index (χ0n) is 22.0. The number of aldehydes is 1. The molecule has 0 saturated carbocycles. The van der Waals surface area contributed by atoms with Gasteiger partial charge in [-0.05, 0) is 46.5 Å². The number of hydrogen-bond donors (Lipinski definition) is 8. The minimum Gasteiger partial charge on any atom is -0.508 e. The second-order valence-electron chi connectivity index (χ2n) is 10.1. The van der Waals surface area contributed by atoms with Crippen LogP contribution in [0.5, 0.6) is 11.5 Å². The van der Waals surface area contributed by atoms with Gasteiger partial charge in [0.1, 0.15) is 29.9 Å². The molecule has 0 aromatic heterocycles. The summed E-state index contributed by atoms with van der Waals surface area (Å²) in [7, 11) is 1.30. The van der Waals surface area contributed by atoms with Crippen molar-refractivity contribution in [2.75, 3.05) is 26.7 Å². The number of carbonyl (C=O) groups excluding carboxylic acids is 3. The Hall–Kier alpha value is -4.04. The van der Waals surface area contributed by atoms with E-state index in [0.717, 1.165) is 4.90 Å². The van der Waals surface area contributed by atoms with Gasteiger partial charge in [-0.15, -0.1) is 0 Å².